The molecule has 0 saturated carbocycles. The van der Waals surface area contributed by atoms with Crippen LogP contribution in [0, 0.1) is 5.82 Å². The SMILES string of the molecule is Cn1c(NCc2c(F)ccc3c2CCO3)ncc(-c2cccc(Cl)c2Cl)c1=O. The summed E-state index contributed by atoms with van der Waals surface area (Å²) in [5.74, 6) is 0.706. The first-order chi connectivity index (χ1) is 13.5. The molecule has 2 heterocycles. The summed E-state index contributed by atoms with van der Waals surface area (Å²) in [4.78, 5) is 17.1. The van der Waals surface area contributed by atoms with Crippen LogP contribution in [0.25, 0.3) is 11.1 Å². The van der Waals surface area contributed by atoms with Crippen LogP contribution in [-0.4, -0.2) is 16.2 Å². The summed E-state index contributed by atoms with van der Waals surface area (Å²) in [7, 11) is 1.59. The molecular weight excluding hydrogens is 404 g/mol. The first-order valence-corrected chi connectivity index (χ1v) is 9.40. The van der Waals surface area contributed by atoms with Crippen LogP contribution in [0.2, 0.25) is 10.0 Å². The Kier molecular flexibility index (Phi) is 5.00. The van der Waals surface area contributed by atoms with Gasteiger partial charge in [-0.3, -0.25) is 9.36 Å². The van der Waals surface area contributed by atoms with Crippen molar-refractivity contribution in [3.8, 4) is 16.9 Å². The van der Waals surface area contributed by atoms with Crippen LogP contribution in [-0.2, 0) is 20.0 Å². The molecule has 0 atom stereocenters. The summed E-state index contributed by atoms with van der Waals surface area (Å²) in [6, 6.07) is 8.10. The molecule has 5 nitrogen and oxygen atoms in total. The van der Waals surface area contributed by atoms with E-state index in [1.807, 2.05) is 0 Å². The van der Waals surface area contributed by atoms with Crippen LogP contribution in [0.4, 0.5) is 10.3 Å². The van der Waals surface area contributed by atoms with Crippen molar-refractivity contribution in [2.45, 2.75) is 13.0 Å². The monoisotopic (exact) mass is 419 g/mol. The number of nitrogens with zero attached hydrogens (tertiary/aromatic N) is 2. The molecule has 0 bridgehead atoms. The normalized spacial score (nSPS) is 12.6. The fourth-order valence-corrected chi connectivity index (χ4v) is 3.68. The van der Waals surface area contributed by atoms with E-state index in [2.05, 4.69) is 10.3 Å². The van der Waals surface area contributed by atoms with E-state index in [4.69, 9.17) is 27.9 Å². The van der Waals surface area contributed by atoms with E-state index in [0.29, 0.717) is 51.5 Å². The zero-order valence-corrected chi connectivity index (χ0v) is 16.4. The zero-order chi connectivity index (χ0) is 19.8. The van der Waals surface area contributed by atoms with Crippen LogP contribution in [0.1, 0.15) is 11.1 Å². The summed E-state index contributed by atoms with van der Waals surface area (Å²) in [6.45, 7) is 0.730. The first-order valence-electron chi connectivity index (χ1n) is 8.64. The first kappa shape index (κ1) is 18.8. The third-order valence-corrected chi connectivity index (χ3v) is 5.59. The highest BCUT2D eigenvalue weighted by molar-refractivity contribution is 6.43. The van der Waals surface area contributed by atoms with E-state index in [0.717, 1.165) is 5.56 Å². The van der Waals surface area contributed by atoms with Crippen molar-refractivity contribution in [1.29, 1.82) is 0 Å². The molecule has 8 heteroatoms. The Morgan fingerprint density at radius 3 is 2.89 bits per heavy atom. The van der Waals surface area contributed by atoms with Gasteiger partial charge < -0.3 is 10.1 Å². The predicted molar refractivity (Wildman–Crippen MR) is 108 cm³/mol. The van der Waals surface area contributed by atoms with Crippen molar-refractivity contribution in [3.05, 3.63) is 73.9 Å². The highest BCUT2D eigenvalue weighted by Crippen LogP contribution is 2.32. The molecule has 1 N–H and O–H groups in total. The van der Waals surface area contributed by atoms with Gasteiger partial charge in [-0.1, -0.05) is 35.3 Å². The Hall–Kier alpha value is -2.57. The summed E-state index contributed by atoms with van der Waals surface area (Å²) in [5, 5.41) is 3.70. The molecule has 2 aromatic carbocycles. The van der Waals surface area contributed by atoms with E-state index in [1.54, 1.807) is 31.3 Å². The Balaban J connectivity index is 1.65. The molecule has 4 rings (SSSR count). The molecular formula is C20H16Cl2FN3O2. The quantitative estimate of drug-likeness (QED) is 0.678. The molecule has 0 spiro atoms. The van der Waals surface area contributed by atoms with Crippen molar-refractivity contribution < 1.29 is 9.13 Å². The third kappa shape index (κ3) is 3.23. The second-order valence-electron chi connectivity index (χ2n) is 6.42. The van der Waals surface area contributed by atoms with E-state index in [-0.39, 0.29) is 17.9 Å². The molecule has 144 valence electrons. The van der Waals surface area contributed by atoms with Crippen molar-refractivity contribution in [1.82, 2.24) is 9.55 Å². The fourth-order valence-electron chi connectivity index (χ4n) is 3.28. The molecule has 1 aromatic heterocycles. The molecule has 0 amide bonds. The number of hydrogen-bond donors (Lipinski definition) is 1. The standard InChI is InChI=1S/C20H16Cl2FN3O2/c1-26-19(27)14(12-3-2-4-15(21)18(12)22)10-25-20(26)24-9-13-11-7-8-28-17(11)6-5-16(13)23/h2-6,10H,7-9H2,1H3,(H,24,25). The van der Waals surface area contributed by atoms with Crippen LogP contribution in [0.5, 0.6) is 5.75 Å². The molecule has 0 aliphatic carbocycles. The maximum absolute atomic E-state index is 14.3. The number of halogens is 3. The predicted octanol–water partition coefficient (Wildman–Crippen LogP) is 4.44. The molecule has 3 aromatic rings. The highest BCUT2D eigenvalue weighted by atomic mass is 35.5. The van der Waals surface area contributed by atoms with Gasteiger partial charge in [0.05, 0.1) is 22.2 Å². The van der Waals surface area contributed by atoms with Crippen LogP contribution in [0.3, 0.4) is 0 Å². The molecule has 1 aliphatic heterocycles. The summed E-state index contributed by atoms with van der Waals surface area (Å²) in [5.41, 5.74) is 1.92. The van der Waals surface area contributed by atoms with Gasteiger partial charge in [0.15, 0.2) is 0 Å². The second-order valence-corrected chi connectivity index (χ2v) is 7.20. The Labute approximate surface area is 170 Å². The van der Waals surface area contributed by atoms with Crippen molar-refractivity contribution in [3.63, 3.8) is 0 Å². The average Bonchev–Trinajstić information content (AvgIpc) is 3.16. The minimum atomic E-state index is -0.316. The number of benzene rings is 2. The van der Waals surface area contributed by atoms with Gasteiger partial charge in [-0.05, 0) is 18.2 Å². The number of hydrogen-bond acceptors (Lipinski definition) is 4. The van der Waals surface area contributed by atoms with Gasteiger partial charge in [-0.25, -0.2) is 9.37 Å². The van der Waals surface area contributed by atoms with E-state index in [9.17, 15) is 9.18 Å². The number of fused-ring (bicyclic) bond motifs is 1. The molecule has 28 heavy (non-hydrogen) atoms. The molecule has 0 saturated heterocycles. The lowest BCUT2D eigenvalue weighted by Crippen LogP contribution is -2.23. The number of rotatable bonds is 4. The van der Waals surface area contributed by atoms with Crippen LogP contribution in [0.15, 0.2) is 41.3 Å². The number of nitrogens with one attached hydrogen (secondary N) is 1. The van der Waals surface area contributed by atoms with Gasteiger partial charge in [-0.2, -0.15) is 0 Å². The van der Waals surface area contributed by atoms with Crippen molar-refractivity contribution in [2.75, 3.05) is 11.9 Å². The smallest absolute Gasteiger partial charge is 0.262 e. The van der Waals surface area contributed by atoms with Gasteiger partial charge in [0.25, 0.3) is 5.56 Å². The number of aromatic nitrogens is 2. The lowest BCUT2D eigenvalue weighted by atomic mass is 10.0. The van der Waals surface area contributed by atoms with Crippen LogP contribution >= 0.6 is 23.2 Å². The maximum atomic E-state index is 14.3. The molecule has 0 fully saturated rings. The number of anilines is 1. The van der Waals surface area contributed by atoms with E-state index >= 15 is 0 Å². The van der Waals surface area contributed by atoms with Crippen LogP contribution < -0.4 is 15.6 Å². The molecule has 0 unspecified atom stereocenters. The van der Waals surface area contributed by atoms with Crippen molar-refractivity contribution in [2.24, 2.45) is 7.05 Å². The fraction of sp³-hybridized carbons (Fsp3) is 0.200. The van der Waals surface area contributed by atoms with Crippen molar-refractivity contribution >= 4 is 29.2 Å². The Morgan fingerprint density at radius 1 is 1.25 bits per heavy atom. The summed E-state index contributed by atoms with van der Waals surface area (Å²) in [6.07, 6.45) is 2.10. The van der Waals surface area contributed by atoms with Gasteiger partial charge in [-0.15, -0.1) is 0 Å². The highest BCUT2D eigenvalue weighted by Gasteiger charge is 2.20. The second kappa shape index (κ2) is 7.45. The minimum absolute atomic E-state index is 0.190. The third-order valence-electron chi connectivity index (χ3n) is 4.77. The Morgan fingerprint density at radius 2 is 2.07 bits per heavy atom. The lowest BCUT2D eigenvalue weighted by Gasteiger charge is -2.14. The van der Waals surface area contributed by atoms with Gasteiger partial charge >= 0.3 is 0 Å². The summed E-state index contributed by atoms with van der Waals surface area (Å²) < 4.78 is 21.1. The topological polar surface area (TPSA) is 56.1 Å². The number of ether oxygens (including phenoxy) is 1. The van der Waals surface area contributed by atoms with Gasteiger partial charge in [0.2, 0.25) is 5.95 Å². The largest absolute Gasteiger partial charge is 0.493 e. The lowest BCUT2D eigenvalue weighted by molar-refractivity contribution is 0.356. The van der Waals surface area contributed by atoms with Gasteiger partial charge in [0, 0.05) is 42.9 Å². The van der Waals surface area contributed by atoms with E-state index in [1.165, 1.54) is 16.8 Å². The molecule has 1 aliphatic rings. The van der Waals surface area contributed by atoms with Gasteiger partial charge in [0.1, 0.15) is 11.6 Å². The summed E-state index contributed by atoms with van der Waals surface area (Å²) >= 11 is 12.3. The Bertz CT molecular complexity index is 1130. The molecule has 0 radical (unpaired) electrons. The zero-order valence-electron chi connectivity index (χ0n) is 14.9. The van der Waals surface area contributed by atoms with E-state index < -0.39 is 0 Å². The average molecular weight is 420 g/mol. The maximum Gasteiger partial charge on any atom is 0.262 e. The minimum Gasteiger partial charge on any atom is -0.493 e.